The number of hydrogen-bond acceptors (Lipinski definition) is 1. The molecule has 1 aliphatic heterocycles. The van der Waals surface area contributed by atoms with Crippen LogP contribution >= 0.6 is 39.1 Å². The summed E-state index contributed by atoms with van der Waals surface area (Å²) in [6.07, 6.45) is 2.28. The zero-order valence-electron chi connectivity index (χ0n) is 8.76. The molecular formula is C12H13BrCl2O. The van der Waals surface area contributed by atoms with E-state index in [0.29, 0.717) is 11.8 Å². The number of benzene rings is 1. The third kappa shape index (κ3) is 2.73. The van der Waals surface area contributed by atoms with E-state index in [-0.39, 0.29) is 6.10 Å². The summed E-state index contributed by atoms with van der Waals surface area (Å²) >= 11 is 15.5. The zero-order valence-corrected chi connectivity index (χ0v) is 11.9. The quantitative estimate of drug-likeness (QED) is 0.710. The summed E-state index contributed by atoms with van der Waals surface area (Å²) in [6.45, 7) is 0.803. The van der Waals surface area contributed by atoms with Crippen molar-refractivity contribution >= 4 is 39.1 Å². The van der Waals surface area contributed by atoms with Crippen LogP contribution in [0.15, 0.2) is 22.7 Å². The maximum absolute atomic E-state index is 6.02. The van der Waals surface area contributed by atoms with Crippen LogP contribution < -0.4 is 0 Å². The Morgan fingerprint density at radius 1 is 1.44 bits per heavy atom. The fourth-order valence-electron chi connectivity index (χ4n) is 2.08. The molecule has 0 aromatic heterocycles. The first kappa shape index (κ1) is 12.7. The van der Waals surface area contributed by atoms with Gasteiger partial charge in [0, 0.05) is 27.9 Å². The Morgan fingerprint density at radius 2 is 2.25 bits per heavy atom. The molecule has 0 radical (unpaired) electrons. The summed E-state index contributed by atoms with van der Waals surface area (Å²) in [5, 5.41) is 0.737. The normalized spacial score (nSPS) is 25.7. The molecule has 1 aromatic rings. The molecule has 0 amide bonds. The lowest BCUT2D eigenvalue weighted by molar-refractivity contribution is -0.0212. The summed E-state index contributed by atoms with van der Waals surface area (Å²) < 4.78 is 6.87. The van der Waals surface area contributed by atoms with Gasteiger partial charge in [-0.2, -0.15) is 0 Å². The van der Waals surface area contributed by atoms with Gasteiger partial charge in [-0.15, -0.1) is 11.6 Å². The lowest BCUT2D eigenvalue weighted by Crippen LogP contribution is -2.24. The minimum Gasteiger partial charge on any atom is -0.373 e. The van der Waals surface area contributed by atoms with Crippen LogP contribution in [0.25, 0.3) is 0 Å². The fraction of sp³-hybridized carbons (Fsp3) is 0.500. The first-order valence-electron chi connectivity index (χ1n) is 5.35. The Kier molecular flexibility index (Phi) is 4.54. The molecule has 2 atom stereocenters. The molecule has 1 saturated heterocycles. The molecule has 2 unspecified atom stereocenters. The van der Waals surface area contributed by atoms with Crippen molar-refractivity contribution in [3.8, 4) is 0 Å². The van der Waals surface area contributed by atoms with Gasteiger partial charge in [-0.25, -0.2) is 0 Å². The molecule has 1 aromatic carbocycles. The minimum absolute atomic E-state index is 0.0688. The van der Waals surface area contributed by atoms with Crippen molar-refractivity contribution in [2.45, 2.75) is 18.9 Å². The Balaban J connectivity index is 2.30. The number of alkyl halides is 1. The van der Waals surface area contributed by atoms with Crippen molar-refractivity contribution in [1.29, 1.82) is 0 Å². The topological polar surface area (TPSA) is 9.23 Å². The number of hydrogen-bond donors (Lipinski definition) is 0. The SMILES string of the molecule is ClCC1CCCOC1c1cc(Cl)ccc1Br. The predicted octanol–water partition coefficient (Wildman–Crippen LogP) is 4.81. The zero-order chi connectivity index (χ0) is 11.5. The molecule has 0 bridgehead atoms. The number of halogens is 3. The van der Waals surface area contributed by atoms with E-state index in [2.05, 4.69) is 15.9 Å². The van der Waals surface area contributed by atoms with Gasteiger partial charge in [0.05, 0.1) is 6.10 Å². The Morgan fingerprint density at radius 3 is 3.00 bits per heavy atom. The van der Waals surface area contributed by atoms with E-state index in [1.54, 1.807) is 0 Å². The summed E-state index contributed by atoms with van der Waals surface area (Å²) in [7, 11) is 0. The monoisotopic (exact) mass is 322 g/mol. The van der Waals surface area contributed by atoms with Crippen LogP contribution in [0.3, 0.4) is 0 Å². The van der Waals surface area contributed by atoms with E-state index in [1.165, 1.54) is 0 Å². The standard InChI is InChI=1S/C12H13BrCl2O/c13-11-4-3-9(15)6-10(11)12-8(7-14)2-1-5-16-12/h3-4,6,8,12H,1-2,5,7H2. The lowest BCUT2D eigenvalue weighted by Gasteiger charge is -2.31. The molecular weight excluding hydrogens is 311 g/mol. The molecule has 16 heavy (non-hydrogen) atoms. The van der Waals surface area contributed by atoms with E-state index in [1.807, 2.05) is 18.2 Å². The maximum atomic E-state index is 6.02. The molecule has 1 aliphatic rings. The average molecular weight is 324 g/mol. The van der Waals surface area contributed by atoms with E-state index >= 15 is 0 Å². The molecule has 4 heteroatoms. The van der Waals surface area contributed by atoms with Gasteiger partial charge >= 0.3 is 0 Å². The molecule has 1 heterocycles. The van der Waals surface area contributed by atoms with Crippen molar-refractivity contribution in [3.63, 3.8) is 0 Å². The van der Waals surface area contributed by atoms with E-state index in [9.17, 15) is 0 Å². The molecule has 0 spiro atoms. The highest BCUT2D eigenvalue weighted by molar-refractivity contribution is 9.10. The fourth-order valence-corrected chi connectivity index (χ4v) is 3.05. The smallest absolute Gasteiger partial charge is 0.0875 e. The molecule has 0 aliphatic carbocycles. The van der Waals surface area contributed by atoms with Crippen LogP contribution in [-0.2, 0) is 4.74 Å². The lowest BCUT2D eigenvalue weighted by atomic mass is 9.91. The van der Waals surface area contributed by atoms with E-state index in [0.717, 1.165) is 34.5 Å². The van der Waals surface area contributed by atoms with E-state index < -0.39 is 0 Å². The second kappa shape index (κ2) is 5.72. The summed E-state index contributed by atoms with van der Waals surface area (Å²) in [5.41, 5.74) is 1.11. The van der Waals surface area contributed by atoms with Gasteiger partial charge < -0.3 is 4.74 Å². The summed E-state index contributed by atoms with van der Waals surface area (Å²) in [5.74, 6) is 1.01. The highest BCUT2D eigenvalue weighted by Crippen LogP contribution is 2.38. The van der Waals surface area contributed by atoms with Crippen LogP contribution in [-0.4, -0.2) is 12.5 Å². The van der Waals surface area contributed by atoms with Crippen molar-refractivity contribution in [3.05, 3.63) is 33.3 Å². The van der Waals surface area contributed by atoms with Crippen molar-refractivity contribution in [2.24, 2.45) is 5.92 Å². The van der Waals surface area contributed by atoms with Gasteiger partial charge in [0.1, 0.15) is 0 Å². The van der Waals surface area contributed by atoms with Crippen molar-refractivity contribution in [2.75, 3.05) is 12.5 Å². The first-order valence-corrected chi connectivity index (χ1v) is 7.05. The van der Waals surface area contributed by atoms with Crippen LogP contribution in [0.2, 0.25) is 5.02 Å². The second-order valence-corrected chi connectivity index (χ2v) is 5.61. The molecule has 1 nitrogen and oxygen atoms in total. The van der Waals surface area contributed by atoms with Gasteiger partial charge in [0.15, 0.2) is 0 Å². The number of ether oxygens (including phenoxy) is 1. The van der Waals surface area contributed by atoms with E-state index in [4.69, 9.17) is 27.9 Å². The number of rotatable bonds is 2. The summed E-state index contributed by atoms with van der Waals surface area (Å²) in [6, 6.07) is 5.79. The first-order chi connectivity index (χ1) is 7.72. The molecule has 0 N–H and O–H groups in total. The van der Waals surface area contributed by atoms with Crippen molar-refractivity contribution in [1.82, 2.24) is 0 Å². The van der Waals surface area contributed by atoms with Gasteiger partial charge in [-0.05, 0) is 36.6 Å². The maximum Gasteiger partial charge on any atom is 0.0875 e. The Bertz CT molecular complexity index is 370. The van der Waals surface area contributed by atoms with Gasteiger partial charge in [0.25, 0.3) is 0 Å². The van der Waals surface area contributed by atoms with Crippen LogP contribution in [0, 0.1) is 5.92 Å². The molecule has 88 valence electrons. The summed E-state index contributed by atoms with van der Waals surface area (Å²) in [4.78, 5) is 0. The third-order valence-corrected chi connectivity index (χ3v) is 4.26. The van der Waals surface area contributed by atoms with Gasteiger partial charge in [-0.1, -0.05) is 27.5 Å². The van der Waals surface area contributed by atoms with Crippen molar-refractivity contribution < 1.29 is 4.74 Å². The van der Waals surface area contributed by atoms with Gasteiger partial charge in [0.2, 0.25) is 0 Å². The van der Waals surface area contributed by atoms with Crippen LogP contribution in [0.1, 0.15) is 24.5 Å². The predicted molar refractivity (Wildman–Crippen MR) is 71.3 cm³/mol. The molecule has 1 fully saturated rings. The third-order valence-electron chi connectivity index (χ3n) is 2.91. The second-order valence-electron chi connectivity index (χ2n) is 4.01. The van der Waals surface area contributed by atoms with Crippen LogP contribution in [0.5, 0.6) is 0 Å². The van der Waals surface area contributed by atoms with Gasteiger partial charge in [-0.3, -0.25) is 0 Å². The average Bonchev–Trinajstić information content (AvgIpc) is 2.32. The highest BCUT2D eigenvalue weighted by atomic mass is 79.9. The highest BCUT2D eigenvalue weighted by Gasteiger charge is 2.28. The Labute approximate surface area is 114 Å². The largest absolute Gasteiger partial charge is 0.373 e. The minimum atomic E-state index is 0.0688. The molecule has 0 saturated carbocycles. The molecule has 2 rings (SSSR count). The Hall–Kier alpha value is 0.240. The van der Waals surface area contributed by atoms with Crippen LogP contribution in [0.4, 0.5) is 0 Å².